The molecule has 0 fully saturated rings. The zero-order valence-electron chi connectivity index (χ0n) is 18.8. The van der Waals surface area contributed by atoms with Crippen LogP contribution in [0.25, 0.3) is 11.0 Å². The molecule has 3 aromatic carbocycles. The average Bonchev–Trinajstić information content (AvgIpc) is 3.21. The van der Waals surface area contributed by atoms with E-state index in [2.05, 4.69) is 9.88 Å². The number of rotatable bonds is 10. The van der Waals surface area contributed by atoms with Crippen LogP contribution < -0.4 is 19.5 Å². The highest BCUT2D eigenvalue weighted by atomic mass is 16.5. The van der Waals surface area contributed by atoms with Gasteiger partial charge >= 0.3 is 0 Å². The predicted octanol–water partition coefficient (Wildman–Crippen LogP) is 4.11. The number of benzene rings is 3. The second-order valence-corrected chi connectivity index (χ2v) is 7.37. The Labute approximate surface area is 192 Å². The van der Waals surface area contributed by atoms with Crippen LogP contribution in [0.15, 0.2) is 72.8 Å². The van der Waals surface area contributed by atoms with E-state index in [1.165, 1.54) is 0 Å². The molecule has 0 aliphatic rings. The lowest BCUT2D eigenvalue weighted by atomic mass is 10.2. The van der Waals surface area contributed by atoms with E-state index < -0.39 is 0 Å². The molecule has 0 aliphatic carbocycles. The number of amides is 1. The normalized spacial score (nSPS) is 10.7. The van der Waals surface area contributed by atoms with Crippen LogP contribution >= 0.6 is 0 Å². The fourth-order valence-corrected chi connectivity index (χ4v) is 3.77. The van der Waals surface area contributed by atoms with Gasteiger partial charge in [-0.05, 0) is 36.4 Å². The van der Waals surface area contributed by atoms with E-state index in [1.807, 2.05) is 60.7 Å². The Balaban J connectivity index is 1.44. The summed E-state index contributed by atoms with van der Waals surface area (Å²) in [5.41, 5.74) is 2.46. The Morgan fingerprint density at radius 3 is 2.33 bits per heavy atom. The van der Waals surface area contributed by atoms with Crippen molar-refractivity contribution in [2.45, 2.75) is 13.0 Å². The van der Waals surface area contributed by atoms with Crippen molar-refractivity contribution >= 4 is 16.9 Å². The second-order valence-electron chi connectivity index (χ2n) is 7.37. The lowest BCUT2D eigenvalue weighted by Crippen LogP contribution is -2.27. The Bertz CT molecular complexity index is 1240. The molecule has 1 N–H and O–H groups in total. The van der Waals surface area contributed by atoms with Crippen LogP contribution in [0.4, 0.5) is 0 Å². The molecule has 0 radical (unpaired) electrons. The van der Waals surface area contributed by atoms with Gasteiger partial charge in [0.15, 0.2) is 11.5 Å². The lowest BCUT2D eigenvalue weighted by Gasteiger charge is -2.13. The third-order valence-electron chi connectivity index (χ3n) is 5.36. The van der Waals surface area contributed by atoms with Gasteiger partial charge in [-0.2, -0.15) is 0 Å². The molecule has 0 saturated carbocycles. The molecular formula is C26H27N3O4. The molecule has 0 saturated heterocycles. The van der Waals surface area contributed by atoms with Crippen LogP contribution in [0, 0.1) is 0 Å². The van der Waals surface area contributed by atoms with Crippen molar-refractivity contribution in [2.75, 3.05) is 27.4 Å². The first-order valence-corrected chi connectivity index (χ1v) is 10.8. The van der Waals surface area contributed by atoms with Crippen LogP contribution in [0.3, 0.4) is 0 Å². The van der Waals surface area contributed by atoms with Gasteiger partial charge < -0.3 is 24.1 Å². The monoisotopic (exact) mass is 445 g/mol. The summed E-state index contributed by atoms with van der Waals surface area (Å²) in [6.07, 6.45) is 0.588. The van der Waals surface area contributed by atoms with E-state index in [4.69, 9.17) is 19.2 Å². The highest BCUT2D eigenvalue weighted by Gasteiger charge is 2.14. The topological polar surface area (TPSA) is 74.6 Å². The molecule has 170 valence electrons. The summed E-state index contributed by atoms with van der Waals surface area (Å²) >= 11 is 0. The third-order valence-corrected chi connectivity index (χ3v) is 5.36. The van der Waals surface area contributed by atoms with Crippen LogP contribution in [0.5, 0.6) is 17.2 Å². The number of carbonyl (C=O) groups excluding carboxylic acids is 1. The fraction of sp³-hybridized carbons (Fsp3) is 0.231. The molecule has 4 aromatic rings. The molecule has 1 amide bonds. The van der Waals surface area contributed by atoms with Gasteiger partial charge in [0.05, 0.1) is 37.4 Å². The number of imidazole rings is 1. The second kappa shape index (κ2) is 10.5. The molecule has 0 unspecified atom stereocenters. The number of hydrogen-bond acceptors (Lipinski definition) is 5. The van der Waals surface area contributed by atoms with Crippen molar-refractivity contribution in [1.82, 2.24) is 14.9 Å². The number of nitrogens with one attached hydrogen (secondary N) is 1. The number of aromatic nitrogens is 2. The van der Waals surface area contributed by atoms with E-state index in [0.29, 0.717) is 48.9 Å². The summed E-state index contributed by atoms with van der Waals surface area (Å²) in [4.78, 5) is 17.4. The van der Waals surface area contributed by atoms with Crippen LogP contribution in [0.2, 0.25) is 0 Å². The molecule has 0 bridgehead atoms. The first kappa shape index (κ1) is 22.2. The summed E-state index contributed by atoms with van der Waals surface area (Å²) in [6, 6.07) is 22.8. The largest absolute Gasteiger partial charge is 0.496 e. The zero-order chi connectivity index (χ0) is 23.0. The summed E-state index contributed by atoms with van der Waals surface area (Å²) in [5, 5.41) is 2.97. The van der Waals surface area contributed by atoms with Crippen LogP contribution in [0.1, 0.15) is 16.2 Å². The van der Waals surface area contributed by atoms with Gasteiger partial charge in [0.25, 0.3) is 5.91 Å². The van der Waals surface area contributed by atoms with Crippen LogP contribution in [-0.4, -0.2) is 42.8 Å². The van der Waals surface area contributed by atoms with Crippen molar-refractivity contribution in [3.8, 4) is 17.2 Å². The fourth-order valence-electron chi connectivity index (χ4n) is 3.77. The molecule has 4 rings (SSSR count). The predicted molar refractivity (Wildman–Crippen MR) is 127 cm³/mol. The number of ether oxygens (including phenoxy) is 3. The average molecular weight is 446 g/mol. The summed E-state index contributed by atoms with van der Waals surface area (Å²) in [7, 11) is 3.19. The van der Waals surface area contributed by atoms with Crippen molar-refractivity contribution in [3.05, 3.63) is 84.2 Å². The Kier molecular flexibility index (Phi) is 7.09. The molecule has 7 nitrogen and oxygen atoms in total. The number of para-hydroxylation sites is 5. The molecule has 1 aromatic heterocycles. The van der Waals surface area contributed by atoms with Gasteiger partial charge in [-0.25, -0.2) is 4.98 Å². The smallest absolute Gasteiger partial charge is 0.255 e. The van der Waals surface area contributed by atoms with Crippen molar-refractivity contribution < 1.29 is 19.0 Å². The van der Waals surface area contributed by atoms with Crippen molar-refractivity contribution in [2.24, 2.45) is 0 Å². The maximum Gasteiger partial charge on any atom is 0.255 e. The van der Waals surface area contributed by atoms with Gasteiger partial charge in [-0.15, -0.1) is 0 Å². The Morgan fingerprint density at radius 1 is 0.879 bits per heavy atom. The standard InChI is InChI=1S/C26H27N3O4/c1-31-22-12-6-3-9-19(22)26(30)27-16-15-25-28-20-10-4-5-11-21(20)29(25)17-18-33-24-14-8-7-13-23(24)32-2/h3-14H,15-18H2,1-2H3,(H,27,30). The highest BCUT2D eigenvalue weighted by Crippen LogP contribution is 2.26. The number of hydrogen-bond donors (Lipinski definition) is 1. The van der Waals surface area contributed by atoms with E-state index in [1.54, 1.807) is 26.4 Å². The molecule has 7 heteroatoms. The lowest BCUT2D eigenvalue weighted by molar-refractivity contribution is 0.0951. The Hall–Kier alpha value is -4.00. The minimum Gasteiger partial charge on any atom is -0.496 e. The molecule has 1 heterocycles. The van der Waals surface area contributed by atoms with E-state index in [9.17, 15) is 4.79 Å². The Morgan fingerprint density at radius 2 is 1.55 bits per heavy atom. The van der Waals surface area contributed by atoms with Gasteiger partial charge in [-0.3, -0.25) is 4.79 Å². The van der Waals surface area contributed by atoms with E-state index in [-0.39, 0.29) is 5.91 Å². The molecule has 33 heavy (non-hydrogen) atoms. The van der Waals surface area contributed by atoms with Crippen molar-refractivity contribution in [3.63, 3.8) is 0 Å². The van der Waals surface area contributed by atoms with Gasteiger partial charge in [-0.1, -0.05) is 36.4 Å². The molecular weight excluding hydrogens is 418 g/mol. The molecule has 0 atom stereocenters. The number of nitrogens with zero attached hydrogens (tertiary/aromatic N) is 2. The summed E-state index contributed by atoms with van der Waals surface area (Å²) < 4.78 is 18.8. The van der Waals surface area contributed by atoms with E-state index in [0.717, 1.165) is 16.9 Å². The van der Waals surface area contributed by atoms with Crippen molar-refractivity contribution in [1.29, 1.82) is 0 Å². The highest BCUT2D eigenvalue weighted by molar-refractivity contribution is 5.96. The maximum atomic E-state index is 12.6. The number of methoxy groups -OCH3 is 2. The molecule has 0 aliphatic heterocycles. The van der Waals surface area contributed by atoms with Gasteiger partial charge in [0, 0.05) is 13.0 Å². The zero-order valence-corrected chi connectivity index (χ0v) is 18.8. The third kappa shape index (κ3) is 5.09. The minimum absolute atomic E-state index is 0.172. The quantitative estimate of drug-likeness (QED) is 0.398. The number of carbonyl (C=O) groups is 1. The number of fused-ring (bicyclic) bond motifs is 1. The minimum atomic E-state index is -0.172. The maximum absolute atomic E-state index is 12.6. The van der Waals surface area contributed by atoms with Gasteiger partial charge in [0.2, 0.25) is 0 Å². The summed E-state index contributed by atoms with van der Waals surface area (Å²) in [5.74, 6) is 2.67. The van der Waals surface area contributed by atoms with Gasteiger partial charge in [0.1, 0.15) is 18.2 Å². The SMILES string of the molecule is COc1ccccc1OCCn1c(CCNC(=O)c2ccccc2OC)nc2ccccc21. The van der Waals surface area contributed by atoms with Crippen LogP contribution in [-0.2, 0) is 13.0 Å². The first-order chi connectivity index (χ1) is 16.2. The molecule has 0 spiro atoms. The van der Waals surface area contributed by atoms with E-state index >= 15 is 0 Å². The summed E-state index contributed by atoms with van der Waals surface area (Å²) in [6.45, 7) is 1.53. The first-order valence-electron chi connectivity index (χ1n) is 10.8.